The van der Waals surface area contributed by atoms with Gasteiger partial charge in [0.1, 0.15) is 0 Å². The Balaban J connectivity index is 1.71. The average Bonchev–Trinajstić information content (AvgIpc) is 3.00. The Bertz CT molecular complexity index is 536. The minimum atomic E-state index is 0.542. The lowest BCUT2D eigenvalue weighted by molar-refractivity contribution is 0.495. The van der Waals surface area contributed by atoms with Gasteiger partial charge in [-0.15, -0.1) is 0 Å². The lowest BCUT2D eigenvalue weighted by Gasteiger charge is -2.15. The Morgan fingerprint density at radius 2 is 2.26 bits per heavy atom. The predicted octanol–water partition coefficient (Wildman–Crippen LogP) is 2.33. The average molecular weight is 258 g/mol. The van der Waals surface area contributed by atoms with Crippen LogP contribution in [0.3, 0.4) is 0 Å². The molecule has 2 heterocycles. The quantitative estimate of drug-likeness (QED) is 0.863. The van der Waals surface area contributed by atoms with Gasteiger partial charge in [0, 0.05) is 37.2 Å². The van der Waals surface area contributed by atoms with Crippen molar-refractivity contribution in [1.29, 1.82) is 0 Å². The molecule has 102 valence electrons. The molecule has 0 saturated heterocycles. The summed E-state index contributed by atoms with van der Waals surface area (Å²) in [5.41, 5.74) is 2.67. The summed E-state index contributed by atoms with van der Waals surface area (Å²) in [5, 5.41) is 7.83. The van der Waals surface area contributed by atoms with Crippen molar-refractivity contribution in [2.24, 2.45) is 13.0 Å². The van der Waals surface area contributed by atoms with Crippen molar-refractivity contribution in [3.05, 3.63) is 42.0 Å². The van der Waals surface area contributed by atoms with Crippen LogP contribution in [0.15, 0.2) is 30.9 Å². The Morgan fingerprint density at radius 3 is 2.89 bits per heavy atom. The van der Waals surface area contributed by atoms with Gasteiger partial charge in [-0.2, -0.15) is 5.10 Å². The van der Waals surface area contributed by atoms with E-state index in [0.717, 1.165) is 19.0 Å². The number of hydrogen-bond donors (Lipinski definition) is 1. The van der Waals surface area contributed by atoms with Crippen molar-refractivity contribution >= 4 is 0 Å². The molecule has 3 rings (SSSR count). The van der Waals surface area contributed by atoms with Gasteiger partial charge in [-0.25, -0.2) is 0 Å². The molecule has 1 saturated carbocycles. The van der Waals surface area contributed by atoms with E-state index >= 15 is 0 Å². The van der Waals surface area contributed by atoms with Crippen LogP contribution in [0.25, 0.3) is 0 Å². The molecular formula is C15H22N4. The molecule has 2 aromatic heterocycles. The third-order valence-electron chi connectivity index (χ3n) is 3.77. The lowest BCUT2D eigenvalue weighted by atomic mass is 10.1. The van der Waals surface area contributed by atoms with Gasteiger partial charge >= 0.3 is 0 Å². The van der Waals surface area contributed by atoms with Gasteiger partial charge in [0.05, 0.1) is 12.7 Å². The minimum absolute atomic E-state index is 0.542. The molecule has 1 aliphatic carbocycles. The number of aromatic nitrogens is 3. The monoisotopic (exact) mass is 258 g/mol. The molecule has 1 fully saturated rings. The maximum atomic E-state index is 4.21. The predicted molar refractivity (Wildman–Crippen MR) is 75.9 cm³/mol. The fourth-order valence-electron chi connectivity index (χ4n) is 2.71. The van der Waals surface area contributed by atoms with E-state index in [2.05, 4.69) is 46.6 Å². The molecule has 0 radical (unpaired) electrons. The van der Waals surface area contributed by atoms with Gasteiger partial charge in [-0.05, 0) is 36.9 Å². The van der Waals surface area contributed by atoms with Crippen molar-refractivity contribution in [1.82, 2.24) is 19.7 Å². The maximum Gasteiger partial charge on any atom is 0.0539 e. The van der Waals surface area contributed by atoms with Crippen molar-refractivity contribution in [3.8, 4) is 0 Å². The molecule has 0 aromatic carbocycles. The Kier molecular flexibility index (Phi) is 3.42. The third kappa shape index (κ3) is 2.89. The summed E-state index contributed by atoms with van der Waals surface area (Å²) in [4.78, 5) is 0. The van der Waals surface area contributed by atoms with Gasteiger partial charge in [0.15, 0.2) is 0 Å². The number of rotatable bonds is 6. The van der Waals surface area contributed by atoms with E-state index in [4.69, 9.17) is 0 Å². The summed E-state index contributed by atoms with van der Waals surface area (Å²) in [6, 6.07) is 2.79. The molecule has 4 nitrogen and oxygen atoms in total. The second kappa shape index (κ2) is 5.21. The molecular weight excluding hydrogens is 236 g/mol. The van der Waals surface area contributed by atoms with Gasteiger partial charge in [-0.3, -0.25) is 4.68 Å². The van der Waals surface area contributed by atoms with Crippen LogP contribution in [0.2, 0.25) is 0 Å². The first-order valence-electron chi connectivity index (χ1n) is 7.13. The second-order valence-electron chi connectivity index (χ2n) is 5.51. The van der Waals surface area contributed by atoms with E-state index in [1.165, 1.54) is 24.0 Å². The summed E-state index contributed by atoms with van der Waals surface area (Å²) in [6.07, 6.45) is 11.2. The van der Waals surface area contributed by atoms with Crippen molar-refractivity contribution in [2.45, 2.75) is 32.4 Å². The van der Waals surface area contributed by atoms with Crippen LogP contribution in [0.4, 0.5) is 0 Å². The van der Waals surface area contributed by atoms with Crippen LogP contribution < -0.4 is 5.32 Å². The molecule has 19 heavy (non-hydrogen) atoms. The third-order valence-corrected chi connectivity index (χ3v) is 3.77. The fraction of sp³-hybridized carbons (Fsp3) is 0.533. The Hall–Kier alpha value is -1.55. The fourth-order valence-corrected chi connectivity index (χ4v) is 2.71. The molecule has 0 bridgehead atoms. The second-order valence-corrected chi connectivity index (χ2v) is 5.51. The normalized spacial score (nSPS) is 16.7. The zero-order valence-electron chi connectivity index (χ0n) is 11.7. The van der Waals surface area contributed by atoms with Gasteiger partial charge in [-0.1, -0.05) is 6.92 Å². The first-order chi connectivity index (χ1) is 9.26. The molecule has 1 N–H and O–H groups in total. The molecule has 1 aliphatic rings. The highest BCUT2D eigenvalue weighted by Crippen LogP contribution is 2.41. The SMILES string of the molecule is CCNC(c1ccn(Cc2cnn(C)c2)c1)C1CC1. The molecule has 4 heteroatoms. The molecule has 0 spiro atoms. The minimum Gasteiger partial charge on any atom is -0.349 e. The van der Waals surface area contributed by atoms with Crippen LogP contribution in [0.5, 0.6) is 0 Å². The van der Waals surface area contributed by atoms with Crippen LogP contribution in [-0.4, -0.2) is 20.9 Å². The highest BCUT2D eigenvalue weighted by Gasteiger charge is 2.31. The van der Waals surface area contributed by atoms with Crippen molar-refractivity contribution in [2.75, 3.05) is 6.54 Å². The van der Waals surface area contributed by atoms with E-state index < -0.39 is 0 Å². The van der Waals surface area contributed by atoms with E-state index in [9.17, 15) is 0 Å². The highest BCUT2D eigenvalue weighted by atomic mass is 15.2. The number of nitrogens with zero attached hydrogens (tertiary/aromatic N) is 3. The lowest BCUT2D eigenvalue weighted by Crippen LogP contribution is -2.22. The Morgan fingerprint density at radius 1 is 1.42 bits per heavy atom. The van der Waals surface area contributed by atoms with E-state index in [0.29, 0.717) is 6.04 Å². The molecule has 0 amide bonds. The van der Waals surface area contributed by atoms with Crippen LogP contribution in [0.1, 0.15) is 36.9 Å². The van der Waals surface area contributed by atoms with E-state index in [1.54, 1.807) is 0 Å². The van der Waals surface area contributed by atoms with Crippen LogP contribution in [-0.2, 0) is 13.6 Å². The van der Waals surface area contributed by atoms with Crippen molar-refractivity contribution in [3.63, 3.8) is 0 Å². The first-order valence-corrected chi connectivity index (χ1v) is 7.13. The largest absolute Gasteiger partial charge is 0.349 e. The maximum absolute atomic E-state index is 4.21. The summed E-state index contributed by atoms with van der Waals surface area (Å²) in [6.45, 7) is 4.12. The van der Waals surface area contributed by atoms with E-state index in [1.807, 2.05) is 17.9 Å². The number of aryl methyl sites for hydroxylation is 1. The molecule has 2 aromatic rings. The van der Waals surface area contributed by atoms with Crippen LogP contribution >= 0.6 is 0 Å². The van der Waals surface area contributed by atoms with E-state index in [-0.39, 0.29) is 0 Å². The smallest absolute Gasteiger partial charge is 0.0539 e. The van der Waals surface area contributed by atoms with Crippen molar-refractivity contribution < 1.29 is 0 Å². The summed E-state index contributed by atoms with van der Waals surface area (Å²) in [5.74, 6) is 0.842. The zero-order valence-corrected chi connectivity index (χ0v) is 11.7. The van der Waals surface area contributed by atoms with Gasteiger partial charge in [0.25, 0.3) is 0 Å². The highest BCUT2D eigenvalue weighted by molar-refractivity contribution is 5.19. The topological polar surface area (TPSA) is 34.8 Å². The van der Waals surface area contributed by atoms with Gasteiger partial charge < -0.3 is 9.88 Å². The summed E-state index contributed by atoms with van der Waals surface area (Å²) < 4.78 is 4.10. The molecule has 1 unspecified atom stereocenters. The summed E-state index contributed by atoms with van der Waals surface area (Å²) >= 11 is 0. The number of hydrogen-bond acceptors (Lipinski definition) is 2. The van der Waals surface area contributed by atoms with Crippen LogP contribution in [0, 0.1) is 5.92 Å². The Labute approximate surface area is 114 Å². The standard InChI is InChI=1S/C15H22N4/c1-3-16-15(13-4-5-13)14-6-7-19(11-14)10-12-8-17-18(2)9-12/h6-9,11,13,15-16H,3-5,10H2,1-2H3. The zero-order chi connectivity index (χ0) is 13.2. The van der Waals surface area contributed by atoms with Gasteiger partial charge in [0.2, 0.25) is 0 Å². The summed E-state index contributed by atoms with van der Waals surface area (Å²) in [7, 11) is 1.96. The first kappa shape index (κ1) is 12.5. The molecule has 0 aliphatic heterocycles. The molecule has 1 atom stereocenters. The number of nitrogens with one attached hydrogen (secondary N) is 1.